The second-order valence-corrected chi connectivity index (χ2v) is 9.95. The number of nitrogens with zero attached hydrogens (tertiary/aromatic N) is 2. The molecule has 0 saturated carbocycles. The highest BCUT2D eigenvalue weighted by Crippen LogP contribution is 2.47. The maximum Gasteiger partial charge on any atom is 0.310 e. The minimum absolute atomic E-state index is 0.0964. The zero-order chi connectivity index (χ0) is 26.5. The molecule has 3 aliphatic rings. The number of ether oxygens (including phenoxy) is 3. The van der Waals surface area contributed by atoms with E-state index in [0.29, 0.717) is 71.3 Å². The van der Waals surface area contributed by atoms with Crippen LogP contribution in [0.2, 0.25) is 0 Å². The lowest BCUT2D eigenvalue weighted by Crippen LogP contribution is -2.39. The number of hydrogen-bond acceptors (Lipinski definition) is 9. The Kier molecular flexibility index (Phi) is 5.65. The van der Waals surface area contributed by atoms with Gasteiger partial charge in [0, 0.05) is 36.0 Å². The van der Waals surface area contributed by atoms with Crippen LogP contribution in [0.5, 0.6) is 11.5 Å². The van der Waals surface area contributed by atoms with E-state index in [0.717, 1.165) is 36.3 Å². The molecule has 1 atom stereocenters. The molecule has 198 valence electrons. The first-order valence-electron chi connectivity index (χ1n) is 13.3. The van der Waals surface area contributed by atoms with Crippen LogP contribution in [0.3, 0.4) is 0 Å². The van der Waals surface area contributed by atoms with Gasteiger partial charge < -0.3 is 29.0 Å². The Morgan fingerprint density at radius 1 is 1.10 bits per heavy atom. The molecule has 9 nitrogen and oxygen atoms in total. The van der Waals surface area contributed by atoms with E-state index in [-0.39, 0.29) is 17.7 Å². The van der Waals surface area contributed by atoms with E-state index >= 15 is 0 Å². The standard InChI is InChI=1S/C30H27N3O6/c1-2-36-30(35)17-6-5-11-33(16-17)22-15-21(31-18-9-10-23-24(14-18)38-13-12-37-23)25-26-27(22)32-39-29(26)20-8-4-3-7-19(20)28(25)34/h3-4,7-10,14-15,17,31H,2,5-6,11-13,16H2,1H3/t17-/m0/s1. The number of carbonyl (C=O) groups excluding carboxylic acids is 2. The van der Waals surface area contributed by atoms with Gasteiger partial charge in [-0.25, -0.2) is 0 Å². The molecule has 7 rings (SSSR count). The van der Waals surface area contributed by atoms with Crippen molar-refractivity contribution in [3.63, 3.8) is 0 Å². The van der Waals surface area contributed by atoms with E-state index in [1.165, 1.54) is 0 Å². The number of anilines is 3. The van der Waals surface area contributed by atoms with Crippen LogP contribution in [0, 0.1) is 5.92 Å². The predicted molar refractivity (Wildman–Crippen MR) is 145 cm³/mol. The Balaban J connectivity index is 1.37. The molecule has 0 bridgehead atoms. The topological polar surface area (TPSA) is 103 Å². The predicted octanol–water partition coefficient (Wildman–Crippen LogP) is 5.33. The molecule has 9 heteroatoms. The molecule has 39 heavy (non-hydrogen) atoms. The molecule has 1 saturated heterocycles. The quantitative estimate of drug-likeness (QED) is 0.305. The fourth-order valence-corrected chi connectivity index (χ4v) is 5.81. The number of hydrogen-bond donors (Lipinski definition) is 1. The monoisotopic (exact) mass is 525 g/mol. The van der Waals surface area contributed by atoms with Gasteiger partial charge in [0.2, 0.25) is 0 Å². The van der Waals surface area contributed by atoms with Crippen LogP contribution in [0.1, 0.15) is 35.7 Å². The van der Waals surface area contributed by atoms with E-state index in [2.05, 4.69) is 15.4 Å². The number of rotatable bonds is 5. The van der Waals surface area contributed by atoms with E-state index in [9.17, 15) is 9.59 Å². The highest BCUT2D eigenvalue weighted by Gasteiger charge is 2.35. The number of fused-ring (bicyclic) bond motifs is 3. The lowest BCUT2D eigenvalue weighted by Gasteiger charge is -2.34. The molecule has 1 aromatic heterocycles. The Morgan fingerprint density at radius 3 is 2.77 bits per heavy atom. The van der Waals surface area contributed by atoms with E-state index < -0.39 is 0 Å². The Morgan fingerprint density at radius 2 is 1.92 bits per heavy atom. The van der Waals surface area contributed by atoms with Crippen molar-refractivity contribution in [3.8, 4) is 22.8 Å². The van der Waals surface area contributed by atoms with Crippen LogP contribution in [0.15, 0.2) is 53.1 Å². The molecule has 0 spiro atoms. The first-order chi connectivity index (χ1) is 19.1. The van der Waals surface area contributed by atoms with Crippen LogP contribution < -0.4 is 19.7 Å². The van der Waals surface area contributed by atoms with Crippen molar-refractivity contribution in [2.75, 3.05) is 43.1 Å². The summed E-state index contributed by atoms with van der Waals surface area (Å²) in [6.07, 6.45) is 1.61. The fraction of sp³-hybridized carbons (Fsp3) is 0.300. The molecule has 1 aliphatic carbocycles. The van der Waals surface area contributed by atoms with Gasteiger partial charge >= 0.3 is 5.97 Å². The number of aromatic nitrogens is 1. The Bertz CT molecular complexity index is 1630. The molecule has 0 amide bonds. The molecular weight excluding hydrogens is 498 g/mol. The molecule has 3 heterocycles. The highest BCUT2D eigenvalue weighted by atomic mass is 16.6. The minimum Gasteiger partial charge on any atom is -0.486 e. The van der Waals surface area contributed by atoms with Crippen molar-refractivity contribution in [2.45, 2.75) is 19.8 Å². The van der Waals surface area contributed by atoms with Crippen molar-refractivity contribution in [1.82, 2.24) is 5.16 Å². The third-order valence-corrected chi connectivity index (χ3v) is 7.58. The Hall–Kier alpha value is -4.53. The molecule has 1 N–H and O–H groups in total. The first kappa shape index (κ1) is 23.6. The van der Waals surface area contributed by atoms with Gasteiger partial charge in [-0.2, -0.15) is 0 Å². The van der Waals surface area contributed by atoms with Crippen LogP contribution >= 0.6 is 0 Å². The number of ketones is 1. The maximum atomic E-state index is 13.9. The number of nitrogens with one attached hydrogen (secondary N) is 1. The summed E-state index contributed by atoms with van der Waals surface area (Å²) >= 11 is 0. The fourth-order valence-electron chi connectivity index (χ4n) is 5.81. The number of carbonyl (C=O) groups is 2. The summed E-state index contributed by atoms with van der Waals surface area (Å²) in [6.45, 7) is 4.42. The van der Waals surface area contributed by atoms with Crippen LogP contribution in [0.4, 0.5) is 17.1 Å². The van der Waals surface area contributed by atoms with Crippen molar-refractivity contribution in [2.24, 2.45) is 5.92 Å². The maximum absolute atomic E-state index is 13.9. The summed E-state index contributed by atoms with van der Waals surface area (Å²) < 4.78 is 22.7. The zero-order valence-electron chi connectivity index (χ0n) is 21.5. The summed E-state index contributed by atoms with van der Waals surface area (Å²) in [7, 11) is 0. The second-order valence-electron chi connectivity index (χ2n) is 9.95. The smallest absolute Gasteiger partial charge is 0.310 e. The summed E-state index contributed by atoms with van der Waals surface area (Å²) in [6, 6.07) is 15.0. The summed E-state index contributed by atoms with van der Waals surface area (Å²) in [4.78, 5) is 28.7. The molecule has 1 fully saturated rings. The van der Waals surface area contributed by atoms with Crippen molar-refractivity contribution < 1.29 is 28.3 Å². The van der Waals surface area contributed by atoms with E-state index in [1.54, 1.807) is 0 Å². The average Bonchev–Trinajstić information content (AvgIpc) is 3.41. The third kappa shape index (κ3) is 3.88. The number of piperidine rings is 1. The summed E-state index contributed by atoms with van der Waals surface area (Å²) in [5, 5.41) is 8.60. The highest BCUT2D eigenvalue weighted by molar-refractivity contribution is 6.28. The van der Waals surface area contributed by atoms with Crippen molar-refractivity contribution >= 4 is 39.7 Å². The normalized spacial score (nSPS) is 17.6. The van der Waals surface area contributed by atoms with Gasteiger partial charge in [-0.1, -0.05) is 29.4 Å². The molecule has 3 aromatic carbocycles. The lowest BCUT2D eigenvalue weighted by molar-refractivity contribution is -0.148. The second kappa shape index (κ2) is 9.34. The van der Waals surface area contributed by atoms with Crippen molar-refractivity contribution in [1.29, 1.82) is 0 Å². The molecule has 0 radical (unpaired) electrons. The lowest BCUT2D eigenvalue weighted by atomic mass is 9.86. The zero-order valence-corrected chi connectivity index (χ0v) is 21.5. The third-order valence-electron chi connectivity index (χ3n) is 7.58. The average molecular weight is 526 g/mol. The summed E-state index contributed by atoms with van der Waals surface area (Å²) in [5.74, 6) is 1.40. The summed E-state index contributed by atoms with van der Waals surface area (Å²) in [5.41, 5.74) is 4.62. The SMILES string of the molecule is CCOC(=O)[C@H]1CCCN(c2cc(Nc3ccc4c(c3)OCCO4)c3c4c(onc24)-c2ccccc2C3=O)C1. The van der Waals surface area contributed by atoms with Gasteiger partial charge in [0.05, 0.1) is 34.8 Å². The van der Waals surface area contributed by atoms with Gasteiger partial charge in [0.1, 0.15) is 18.7 Å². The number of esters is 1. The number of benzene rings is 3. The van der Waals surface area contributed by atoms with Crippen molar-refractivity contribution in [3.05, 3.63) is 59.7 Å². The van der Waals surface area contributed by atoms with Gasteiger partial charge in [0.15, 0.2) is 23.0 Å². The Labute approximate surface area is 224 Å². The molecule has 4 aromatic rings. The van der Waals surface area contributed by atoms with Crippen LogP contribution in [-0.4, -0.2) is 49.8 Å². The van der Waals surface area contributed by atoms with E-state index in [4.69, 9.17) is 18.7 Å². The van der Waals surface area contributed by atoms with Gasteiger partial charge in [-0.15, -0.1) is 0 Å². The van der Waals surface area contributed by atoms with Gasteiger partial charge in [-0.05, 0) is 38.0 Å². The first-order valence-corrected chi connectivity index (χ1v) is 13.3. The molecular formula is C30H27N3O6. The largest absolute Gasteiger partial charge is 0.486 e. The van der Waals surface area contributed by atoms with Crippen LogP contribution in [0.25, 0.3) is 22.2 Å². The van der Waals surface area contributed by atoms with Gasteiger partial charge in [-0.3, -0.25) is 9.59 Å². The molecule has 2 aliphatic heterocycles. The minimum atomic E-state index is -0.232. The van der Waals surface area contributed by atoms with E-state index in [1.807, 2.05) is 55.5 Å². The van der Waals surface area contributed by atoms with Crippen LogP contribution in [-0.2, 0) is 9.53 Å². The van der Waals surface area contributed by atoms with Gasteiger partial charge in [0.25, 0.3) is 0 Å². The molecule has 0 unspecified atom stereocenters.